The highest BCUT2D eigenvalue weighted by Gasteiger charge is 2.36. The van der Waals surface area contributed by atoms with Crippen molar-refractivity contribution in [2.75, 3.05) is 0 Å². The van der Waals surface area contributed by atoms with Gasteiger partial charge < -0.3 is 10.1 Å². The summed E-state index contributed by atoms with van der Waals surface area (Å²) in [5.41, 5.74) is 2.87. The van der Waals surface area contributed by atoms with Crippen LogP contribution in [0.4, 0.5) is 9.18 Å². The fourth-order valence-corrected chi connectivity index (χ4v) is 3.03. The molecule has 0 unspecified atom stereocenters. The summed E-state index contributed by atoms with van der Waals surface area (Å²) < 4.78 is 19.0. The molecule has 1 amide bonds. The average molecular weight is 384 g/mol. The summed E-state index contributed by atoms with van der Waals surface area (Å²) >= 11 is 0. The van der Waals surface area contributed by atoms with Crippen LogP contribution in [0.1, 0.15) is 40.0 Å². The topological polar surface area (TPSA) is 87.9 Å². The number of halogens is 1. The average Bonchev–Trinajstić information content (AvgIpc) is 3.14. The summed E-state index contributed by atoms with van der Waals surface area (Å²) in [5.74, 6) is 5.51. The molecule has 1 aromatic carbocycles. The predicted octanol–water partition coefficient (Wildman–Crippen LogP) is 3.41. The molecule has 2 atom stereocenters. The Balaban J connectivity index is 1.63. The molecule has 1 aliphatic heterocycles. The van der Waals surface area contributed by atoms with E-state index in [4.69, 9.17) is 10.00 Å². The third kappa shape index (κ3) is 4.05. The number of benzene rings is 1. The number of nitrogens with one attached hydrogen (secondary N) is 1. The van der Waals surface area contributed by atoms with E-state index in [-0.39, 0.29) is 0 Å². The number of amides is 1. The van der Waals surface area contributed by atoms with Crippen LogP contribution in [0.5, 0.6) is 0 Å². The Bertz CT molecular complexity index is 1190. The molecule has 29 heavy (non-hydrogen) atoms. The fourth-order valence-electron chi connectivity index (χ4n) is 3.03. The van der Waals surface area contributed by atoms with E-state index in [1.54, 1.807) is 42.9 Å². The van der Waals surface area contributed by atoms with Crippen LogP contribution in [0.2, 0.25) is 0 Å². The Morgan fingerprint density at radius 1 is 0.966 bits per heavy atom. The fraction of sp³-hybridized carbons (Fsp3) is 0.0909. The molecule has 0 spiro atoms. The smallest absolute Gasteiger partial charge is 0.408 e. The molecule has 1 fully saturated rings. The highest BCUT2D eigenvalue weighted by molar-refractivity contribution is 5.71. The van der Waals surface area contributed by atoms with Crippen molar-refractivity contribution in [2.24, 2.45) is 0 Å². The molecular formula is C22H13FN4O2. The molecule has 140 valence electrons. The normalized spacial score (nSPS) is 17.4. The van der Waals surface area contributed by atoms with Gasteiger partial charge in [-0.2, -0.15) is 5.26 Å². The Morgan fingerprint density at radius 3 is 2.45 bits per heavy atom. The molecule has 3 aromatic rings. The van der Waals surface area contributed by atoms with Gasteiger partial charge >= 0.3 is 6.09 Å². The lowest BCUT2D eigenvalue weighted by atomic mass is 9.97. The monoisotopic (exact) mass is 384 g/mol. The van der Waals surface area contributed by atoms with E-state index in [9.17, 15) is 9.18 Å². The summed E-state index contributed by atoms with van der Waals surface area (Å²) in [6, 6.07) is 10.9. The number of nitriles is 1. The van der Waals surface area contributed by atoms with E-state index in [2.05, 4.69) is 27.1 Å². The molecule has 2 aromatic heterocycles. The van der Waals surface area contributed by atoms with Crippen molar-refractivity contribution < 1.29 is 13.9 Å². The number of rotatable bonds is 2. The number of cyclic esters (lactones) is 1. The Hall–Kier alpha value is -4.23. The molecule has 1 saturated heterocycles. The zero-order chi connectivity index (χ0) is 20.2. The number of nitrogens with zero attached hydrogens (tertiary/aromatic N) is 3. The van der Waals surface area contributed by atoms with E-state index in [0.717, 1.165) is 0 Å². The molecule has 0 aliphatic carbocycles. The number of aromatic nitrogens is 2. The van der Waals surface area contributed by atoms with Gasteiger partial charge in [-0.05, 0) is 35.4 Å². The van der Waals surface area contributed by atoms with Gasteiger partial charge in [-0.15, -0.1) is 0 Å². The van der Waals surface area contributed by atoms with E-state index in [0.29, 0.717) is 27.8 Å². The number of hydrogen-bond donors (Lipinski definition) is 1. The van der Waals surface area contributed by atoms with E-state index in [1.807, 2.05) is 6.07 Å². The Labute approximate surface area is 166 Å². The van der Waals surface area contributed by atoms with Crippen molar-refractivity contribution >= 4 is 6.09 Å². The van der Waals surface area contributed by atoms with Gasteiger partial charge in [-0.25, -0.2) is 9.18 Å². The van der Waals surface area contributed by atoms with Crippen LogP contribution in [-0.4, -0.2) is 16.1 Å². The molecule has 3 heterocycles. The van der Waals surface area contributed by atoms with Crippen molar-refractivity contribution in [3.63, 3.8) is 0 Å². The lowest BCUT2D eigenvalue weighted by Crippen LogP contribution is -2.19. The number of ether oxygens (including phenoxy) is 1. The first kappa shape index (κ1) is 18.1. The summed E-state index contributed by atoms with van der Waals surface area (Å²) in [6.45, 7) is 0. The van der Waals surface area contributed by atoms with Crippen molar-refractivity contribution in [1.82, 2.24) is 15.3 Å². The van der Waals surface area contributed by atoms with Crippen LogP contribution >= 0.6 is 0 Å². The number of hydrogen-bond acceptors (Lipinski definition) is 5. The second kappa shape index (κ2) is 7.79. The maximum absolute atomic E-state index is 13.6. The van der Waals surface area contributed by atoms with E-state index in [1.165, 1.54) is 18.3 Å². The Kier molecular flexibility index (Phi) is 4.88. The summed E-state index contributed by atoms with van der Waals surface area (Å²) in [6.07, 6.45) is 4.96. The highest BCUT2D eigenvalue weighted by Crippen LogP contribution is 2.36. The lowest BCUT2D eigenvalue weighted by molar-refractivity contribution is 0.132. The summed E-state index contributed by atoms with van der Waals surface area (Å²) in [5, 5.41) is 11.7. The summed E-state index contributed by atoms with van der Waals surface area (Å²) in [4.78, 5) is 20.0. The van der Waals surface area contributed by atoms with Gasteiger partial charge in [0.05, 0.1) is 5.56 Å². The number of carbonyl (C=O) groups excluding carboxylic acids is 1. The summed E-state index contributed by atoms with van der Waals surface area (Å²) in [7, 11) is 0. The minimum absolute atomic E-state index is 0.407. The minimum atomic E-state index is -0.681. The third-order valence-electron chi connectivity index (χ3n) is 4.32. The second-order valence-electron chi connectivity index (χ2n) is 6.33. The molecular weight excluding hydrogens is 371 g/mol. The first-order valence-electron chi connectivity index (χ1n) is 8.67. The quantitative estimate of drug-likeness (QED) is 0.684. The SMILES string of the molecule is N#Cc1cncc(C#Cc2cncc([C@H]3NC(=O)O[C@@H]3c3cccc(F)c3)c2)c1. The largest absolute Gasteiger partial charge is 0.439 e. The van der Waals surface area contributed by atoms with Crippen LogP contribution in [0.15, 0.2) is 61.2 Å². The third-order valence-corrected chi connectivity index (χ3v) is 4.32. The van der Waals surface area contributed by atoms with E-state index < -0.39 is 24.1 Å². The number of alkyl carbamates (subject to hydrolysis) is 1. The van der Waals surface area contributed by atoms with Crippen LogP contribution in [0, 0.1) is 29.0 Å². The first-order valence-corrected chi connectivity index (χ1v) is 8.67. The lowest BCUT2D eigenvalue weighted by Gasteiger charge is -2.17. The molecule has 1 aliphatic rings. The zero-order valence-electron chi connectivity index (χ0n) is 15.0. The molecule has 7 heteroatoms. The number of carbonyl (C=O) groups is 1. The zero-order valence-corrected chi connectivity index (χ0v) is 15.0. The minimum Gasteiger partial charge on any atom is -0.439 e. The molecule has 0 saturated carbocycles. The number of pyridine rings is 2. The van der Waals surface area contributed by atoms with Crippen molar-refractivity contribution in [3.05, 3.63) is 94.8 Å². The maximum atomic E-state index is 13.6. The van der Waals surface area contributed by atoms with Crippen LogP contribution in [0.3, 0.4) is 0 Å². The predicted molar refractivity (Wildman–Crippen MR) is 101 cm³/mol. The van der Waals surface area contributed by atoms with Gasteiger partial charge in [0.2, 0.25) is 0 Å². The van der Waals surface area contributed by atoms with Gasteiger partial charge in [-0.1, -0.05) is 24.0 Å². The van der Waals surface area contributed by atoms with Crippen molar-refractivity contribution in [1.29, 1.82) is 5.26 Å². The Morgan fingerprint density at radius 2 is 1.69 bits per heavy atom. The van der Waals surface area contributed by atoms with Crippen LogP contribution < -0.4 is 5.32 Å². The van der Waals surface area contributed by atoms with Gasteiger partial charge in [0.15, 0.2) is 6.10 Å². The molecule has 4 rings (SSSR count). The van der Waals surface area contributed by atoms with Crippen molar-refractivity contribution in [2.45, 2.75) is 12.1 Å². The first-order chi connectivity index (χ1) is 14.1. The van der Waals surface area contributed by atoms with Gasteiger partial charge in [0.1, 0.15) is 17.9 Å². The van der Waals surface area contributed by atoms with Crippen LogP contribution in [-0.2, 0) is 4.74 Å². The second-order valence-corrected chi connectivity index (χ2v) is 6.33. The van der Waals surface area contributed by atoms with Crippen LogP contribution in [0.25, 0.3) is 0 Å². The molecule has 6 nitrogen and oxygen atoms in total. The molecule has 1 N–H and O–H groups in total. The highest BCUT2D eigenvalue weighted by atomic mass is 19.1. The molecule has 0 bridgehead atoms. The van der Waals surface area contributed by atoms with Gasteiger partial charge in [0, 0.05) is 35.9 Å². The van der Waals surface area contributed by atoms with Gasteiger partial charge in [-0.3, -0.25) is 9.97 Å². The standard InChI is InChI=1S/C22H13FN4O2/c23-19-3-1-2-17(8-19)21-20(27-22(28)29-21)18-7-15(11-26-13-18)5-4-14-6-16(9-24)12-25-10-14/h1-3,6-8,10-13,20-21H,(H,27,28)/t20-,21-/m1/s1. The van der Waals surface area contributed by atoms with E-state index >= 15 is 0 Å². The van der Waals surface area contributed by atoms with Gasteiger partial charge in [0.25, 0.3) is 0 Å². The molecule has 0 radical (unpaired) electrons. The van der Waals surface area contributed by atoms with Crippen molar-refractivity contribution in [3.8, 4) is 17.9 Å². The maximum Gasteiger partial charge on any atom is 0.408 e.